The quantitative estimate of drug-likeness (QED) is 0.0239. The lowest BCUT2D eigenvalue weighted by molar-refractivity contribution is -0.144. The summed E-state index contributed by atoms with van der Waals surface area (Å²) in [6, 6.07) is 14.8. The van der Waals surface area contributed by atoms with E-state index in [2.05, 4.69) is 209 Å². The third kappa shape index (κ3) is 26.0. The molecule has 582 valence electrons. The van der Waals surface area contributed by atoms with Crippen molar-refractivity contribution >= 4 is 56.9 Å². The Morgan fingerprint density at radius 3 is 1.41 bits per heavy atom. The van der Waals surface area contributed by atoms with Crippen LogP contribution < -0.4 is 14.8 Å². The normalized spacial score (nSPS) is 22.6. The van der Waals surface area contributed by atoms with Crippen LogP contribution in [0.5, 0.6) is 11.5 Å². The van der Waals surface area contributed by atoms with Gasteiger partial charge in [-0.2, -0.15) is 0 Å². The molecule has 2 aromatic carbocycles. The van der Waals surface area contributed by atoms with E-state index in [0.717, 1.165) is 99.2 Å². The lowest BCUT2D eigenvalue weighted by Gasteiger charge is -2.40. The summed E-state index contributed by atoms with van der Waals surface area (Å²) in [5.41, 5.74) is 4.68. The van der Waals surface area contributed by atoms with E-state index in [0.29, 0.717) is 45.3 Å². The topological polar surface area (TPSA) is 175 Å². The second-order valence-corrected chi connectivity index (χ2v) is 56.5. The maximum Gasteiger partial charge on any atom is 0.419 e. The largest absolute Gasteiger partial charge is 0.489 e. The van der Waals surface area contributed by atoms with E-state index in [1.165, 1.54) is 54.4 Å². The number of aryl methyl sites for hydroxylation is 2. The fourth-order valence-corrected chi connectivity index (χ4v) is 18.3. The van der Waals surface area contributed by atoms with Crippen molar-refractivity contribution < 1.29 is 56.5 Å². The summed E-state index contributed by atoms with van der Waals surface area (Å²) in [7, 11) is -6.69. The number of piperidine rings is 2. The van der Waals surface area contributed by atoms with Crippen LogP contribution in [0.4, 0.5) is 9.59 Å². The monoisotopic (exact) mass is 1510 g/mol. The van der Waals surface area contributed by atoms with Crippen molar-refractivity contribution in [2.24, 2.45) is 23.7 Å². The van der Waals surface area contributed by atoms with Gasteiger partial charge in [-0.25, -0.2) is 19.1 Å². The Balaban J connectivity index is 0.000000271. The van der Waals surface area contributed by atoms with Gasteiger partial charge >= 0.3 is 24.1 Å². The number of amides is 1. The Bertz CT molecular complexity index is 3450. The number of carbonyl (C=O) groups is 4. The number of benzene rings is 2. The zero-order chi connectivity index (χ0) is 76.9. The third-order valence-electron chi connectivity index (χ3n) is 22.7. The fourth-order valence-electron chi connectivity index (χ4n) is 14.1. The molecule has 3 aromatic rings. The van der Waals surface area contributed by atoms with E-state index >= 15 is 0 Å². The minimum atomic E-state index is -2.11. The van der Waals surface area contributed by atoms with Crippen molar-refractivity contribution in [3.8, 4) is 35.2 Å². The van der Waals surface area contributed by atoms with Gasteiger partial charge in [0.25, 0.3) is 0 Å². The zero-order valence-electron chi connectivity index (χ0n) is 68.1. The van der Waals surface area contributed by atoms with Gasteiger partial charge in [0.1, 0.15) is 42.2 Å². The number of likely N-dealkylation sites (tertiary alicyclic amines) is 1. The molecule has 0 spiro atoms. The van der Waals surface area contributed by atoms with E-state index in [1.54, 1.807) is 12.4 Å². The van der Waals surface area contributed by atoms with Crippen LogP contribution in [0.1, 0.15) is 193 Å². The molecule has 1 amide bonds. The van der Waals surface area contributed by atoms with Crippen LogP contribution in [0.25, 0.3) is 0 Å². The van der Waals surface area contributed by atoms with Gasteiger partial charge in [0, 0.05) is 127 Å². The predicted molar refractivity (Wildman–Crippen MR) is 435 cm³/mol. The van der Waals surface area contributed by atoms with E-state index in [9.17, 15) is 19.2 Å². The first-order valence-electron chi connectivity index (χ1n) is 39.8. The van der Waals surface area contributed by atoms with Crippen molar-refractivity contribution in [3.05, 3.63) is 102 Å². The smallest absolute Gasteiger partial charge is 0.419 e. The molecule has 1 aromatic heterocycles. The van der Waals surface area contributed by atoms with Crippen LogP contribution in [0.3, 0.4) is 0 Å². The van der Waals surface area contributed by atoms with Crippen molar-refractivity contribution in [1.82, 2.24) is 19.8 Å². The van der Waals surface area contributed by atoms with Crippen molar-refractivity contribution in [1.29, 1.82) is 0 Å². The van der Waals surface area contributed by atoms with Crippen molar-refractivity contribution in [3.63, 3.8) is 0 Å². The van der Waals surface area contributed by atoms with E-state index in [1.807, 2.05) is 24.8 Å². The molecule has 4 aliphatic heterocycles. The Labute approximate surface area is 637 Å². The van der Waals surface area contributed by atoms with Crippen LogP contribution in [0.2, 0.25) is 87.6 Å². The summed E-state index contributed by atoms with van der Waals surface area (Å²) >= 11 is 0. The first-order chi connectivity index (χ1) is 49.5. The Morgan fingerprint density at radius 2 is 1.04 bits per heavy atom. The van der Waals surface area contributed by atoms with Crippen LogP contribution in [-0.4, -0.2) is 147 Å². The lowest BCUT2D eigenvalue weighted by atomic mass is 9.86. The number of fused-ring (bicyclic) bond motifs is 6. The van der Waals surface area contributed by atoms with Gasteiger partial charge in [0.05, 0.1) is 25.4 Å². The molecule has 6 aliphatic rings. The second kappa shape index (κ2) is 39.6. The summed E-state index contributed by atoms with van der Waals surface area (Å²) in [5, 5.41) is 3.41. The fraction of sp³-hybridized carbons (Fsp3) is 0.682. The van der Waals surface area contributed by atoms with Gasteiger partial charge in [-0.1, -0.05) is 150 Å². The molecular formula is C85H134N4O12Si4. The highest BCUT2D eigenvalue weighted by Crippen LogP contribution is 2.56. The number of hydrogen-bond donors (Lipinski definition) is 1. The second-order valence-electron chi connectivity index (χ2n) is 35.8. The third-order valence-corrected chi connectivity index (χ3v) is 35.1. The van der Waals surface area contributed by atoms with Crippen LogP contribution in [0.15, 0.2) is 79.4 Å². The lowest BCUT2D eigenvalue weighted by Crippen LogP contribution is -2.45. The molecule has 16 nitrogen and oxygen atoms in total. The molecule has 5 heterocycles. The van der Waals surface area contributed by atoms with E-state index in [4.69, 9.17) is 37.3 Å². The molecule has 20 heteroatoms. The molecule has 2 saturated carbocycles. The van der Waals surface area contributed by atoms with Gasteiger partial charge in [-0.15, -0.1) is 23.7 Å². The minimum Gasteiger partial charge on any atom is -0.489 e. The minimum absolute atomic E-state index is 0.000157. The van der Waals surface area contributed by atoms with Crippen molar-refractivity contribution in [2.45, 2.75) is 308 Å². The summed E-state index contributed by atoms with van der Waals surface area (Å²) in [6.07, 6.45) is 25.6. The summed E-state index contributed by atoms with van der Waals surface area (Å²) in [4.78, 5) is 57.1. The number of esters is 2. The SMILES string of the molecule is C1CCNCC1.CC#CC[C@H](C)[C@@H](/C=C/[C@@H]1[C@H]2c3cccc(CCCC(=O)OCC[Si](C)(C)C)c3O[C@H]2C[C@H]1O[Si](C)(C)C(C)(C)C)OC(=O)N1CCCCC1.CC#CC[C@H](C)[C@@H](/C=C/[C@@H]1[C@H]2c3cccc(CCCC(=O)OCC[Si](C)(C)C)c3O[C@H]2C[C@H]1O[Si](C)(C)C(C)(C)C)OC(=O)n1ccnc1. The molecule has 2 aliphatic carbocycles. The van der Waals surface area contributed by atoms with Gasteiger partial charge < -0.3 is 47.5 Å². The number of nitrogens with zero attached hydrogens (tertiary/aromatic N) is 3. The summed E-state index contributed by atoms with van der Waals surface area (Å²) < 4.78 is 52.6. The number of aromatic nitrogens is 2. The van der Waals surface area contributed by atoms with Gasteiger partial charge in [0.15, 0.2) is 16.6 Å². The number of rotatable bonds is 28. The Hall–Kier alpha value is -5.72. The molecule has 0 unspecified atom stereocenters. The van der Waals surface area contributed by atoms with Crippen LogP contribution in [-0.2, 0) is 50.2 Å². The summed E-state index contributed by atoms with van der Waals surface area (Å²) in [6.45, 7) is 49.5. The number of imidazole rings is 1. The Kier molecular flexibility index (Phi) is 32.6. The average molecular weight is 1520 g/mol. The average Bonchev–Trinajstić information content (AvgIpc) is 1.59. The maximum atomic E-state index is 13.3. The molecule has 105 heavy (non-hydrogen) atoms. The first-order valence-corrected chi connectivity index (χ1v) is 53.0. The highest BCUT2D eigenvalue weighted by Gasteiger charge is 2.55. The highest BCUT2D eigenvalue weighted by molar-refractivity contribution is 6.76. The molecule has 0 radical (unpaired) electrons. The zero-order valence-corrected chi connectivity index (χ0v) is 72.1. The number of ether oxygens (including phenoxy) is 6. The number of para-hydroxylation sites is 2. The number of carbonyl (C=O) groups excluding carboxylic acids is 4. The molecule has 12 atom stereocenters. The number of nitrogens with one attached hydrogen (secondary N) is 1. The van der Waals surface area contributed by atoms with Crippen molar-refractivity contribution in [2.75, 3.05) is 39.4 Å². The molecule has 4 fully saturated rings. The predicted octanol–water partition coefficient (Wildman–Crippen LogP) is 19.5. The maximum absolute atomic E-state index is 13.3. The molecule has 1 N–H and O–H groups in total. The Morgan fingerprint density at radius 1 is 0.610 bits per heavy atom. The van der Waals surface area contributed by atoms with Gasteiger partial charge in [0.2, 0.25) is 0 Å². The standard InChI is InChI=1S/C41H65NO6Si2.C39H58N2O6Si2.C5H11N/c1-11-12-18-30(2)34(47-40(44)42-25-14-13-15-26-42)24-23-32-35(48-50(9,10)41(3,4)5)29-36-38(32)33-21-16-19-31(39(33)46-36)20-17-22-37(43)45-27-28-49(6,7)8;1-11-12-15-28(2)32(46-38(43)41-23-22-40-27-41)21-20-30-33(47-49(9,10)39(3,4)5)26-34-36(30)31-18-13-16-29(37(31)45-34)17-14-19-35(42)44-24-25-48(6,7)8;1-2-4-6-5-3-1/h16,19,21,23-24,30,32,34-36,38H,13-15,17-18,20,22,25-29H2,1-10H3;13,16,18,20-23,27-28,30,32-34,36H,14-15,17,19,24-26H2,1-10H3;6H,1-5H2/b24-23+;21-20+;/t30-,32-,34+,35+,36-,38-;28-,30-,32+,33+,34-,36-;/m00./s1. The first kappa shape index (κ1) is 86.5. The van der Waals surface area contributed by atoms with Crippen LogP contribution >= 0.6 is 0 Å². The van der Waals surface area contributed by atoms with Gasteiger partial charge in [-0.3, -0.25) is 9.59 Å². The summed E-state index contributed by atoms with van der Waals surface area (Å²) in [5.74, 6) is 14.4. The van der Waals surface area contributed by atoms with Gasteiger partial charge in [-0.05, 0) is 156 Å². The molecule has 0 bridgehead atoms. The molecule has 9 rings (SSSR count). The molecule has 2 saturated heterocycles. The number of hydrogen-bond acceptors (Lipinski definition) is 14. The van der Waals surface area contributed by atoms with Crippen LogP contribution in [0, 0.1) is 47.4 Å². The van der Waals surface area contributed by atoms with E-state index < -0.39 is 51.1 Å². The molecular weight excluding hydrogens is 1380 g/mol. The highest BCUT2D eigenvalue weighted by atomic mass is 28.4. The van der Waals surface area contributed by atoms with E-state index in [-0.39, 0.29) is 88.0 Å².